The summed E-state index contributed by atoms with van der Waals surface area (Å²) in [5.74, 6) is -0.325. The van der Waals surface area contributed by atoms with E-state index in [1.54, 1.807) is 49.5 Å². The molecule has 2 aromatic carbocycles. The van der Waals surface area contributed by atoms with Gasteiger partial charge in [0, 0.05) is 34.5 Å². The van der Waals surface area contributed by atoms with Gasteiger partial charge in [-0.25, -0.2) is 4.98 Å². The first-order valence-corrected chi connectivity index (χ1v) is 9.38. The molecule has 6 nitrogen and oxygen atoms in total. The van der Waals surface area contributed by atoms with E-state index in [1.807, 2.05) is 18.2 Å². The molecular formula is C22H18ClN3O3. The Morgan fingerprint density at radius 1 is 1.10 bits per heavy atom. The Hall–Kier alpha value is -3.38. The van der Waals surface area contributed by atoms with Crippen LogP contribution in [-0.2, 0) is 11.2 Å². The number of primary amides is 1. The number of halogens is 1. The van der Waals surface area contributed by atoms with Gasteiger partial charge in [0.1, 0.15) is 0 Å². The summed E-state index contributed by atoms with van der Waals surface area (Å²) in [6, 6.07) is 15.7. The van der Waals surface area contributed by atoms with Gasteiger partial charge in [0.2, 0.25) is 11.8 Å². The summed E-state index contributed by atoms with van der Waals surface area (Å²) in [4.78, 5) is 28.5. The molecule has 7 heteroatoms. The molecule has 1 aliphatic rings. The van der Waals surface area contributed by atoms with Crippen molar-refractivity contribution >= 4 is 29.1 Å². The zero-order chi connectivity index (χ0) is 20.6. The van der Waals surface area contributed by atoms with Gasteiger partial charge in [-0.15, -0.1) is 0 Å². The first-order valence-electron chi connectivity index (χ1n) is 9.00. The third-order valence-corrected chi connectivity index (χ3v) is 5.17. The quantitative estimate of drug-likeness (QED) is 0.687. The van der Waals surface area contributed by atoms with Crippen molar-refractivity contribution in [1.82, 2.24) is 4.98 Å². The van der Waals surface area contributed by atoms with Crippen LogP contribution in [0.4, 0.5) is 5.69 Å². The van der Waals surface area contributed by atoms with Gasteiger partial charge in [-0.2, -0.15) is 0 Å². The number of benzene rings is 2. The summed E-state index contributed by atoms with van der Waals surface area (Å²) in [7, 11) is 0. The summed E-state index contributed by atoms with van der Waals surface area (Å²) in [6.07, 6.45) is 2.00. The second-order valence-corrected chi connectivity index (χ2v) is 7.49. The van der Waals surface area contributed by atoms with Crippen molar-refractivity contribution in [2.24, 2.45) is 5.73 Å². The van der Waals surface area contributed by atoms with Crippen molar-refractivity contribution < 1.29 is 14.3 Å². The number of hydrogen-bond acceptors (Lipinski definition) is 4. The lowest BCUT2D eigenvalue weighted by molar-refractivity contribution is -0.128. The summed E-state index contributed by atoms with van der Waals surface area (Å²) < 4.78 is 5.95. The molecule has 3 N–H and O–H groups in total. The molecule has 3 aromatic rings. The van der Waals surface area contributed by atoms with E-state index in [1.165, 1.54) is 0 Å². The summed E-state index contributed by atoms with van der Waals surface area (Å²) in [5.41, 5.74) is 7.91. The van der Waals surface area contributed by atoms with E-state index in [2.05, 4.69) is 10.3 Å². The van der Waals surface area contributed by atoms with Gasteiger partial charge < -0.3 is 15.8 Å². The van der Waals surface area contributed by atoms with Gasteiger partial charge in [0.05, 0.1) is 0 Å². The monoisotopic (exact) mass is 407 g/mol. The highest BCUT2D eigenvalue weighted by molar-refractivity contribution is 6.30. The summed E-state index contributed by atoms with van der Waals surface area (Å²) in [5, 5.41) is 3.46. The molecule has 146 valence electrons. The second kappa shape index (κ2) is 7.22. The Labute approximate surface area is 172 Å². The van der Waals surface area contributed by atoms with Crippen LogP contribution in [0.2, 0.25) is 5.02 Å². The lowest BCUT2D eigenvalue weighted by Gasteiger charge is -2.22. The number of fused-ring (bicyclic) bond motifs is 1. The van der Waals surface area contributed by atoms with Crippen LogP contribution in [0, 0.1) is 0 Å². The van der Waals surface area contributed by atoms with Gasteiger partial charge in [-0.3, -0.25) is 9.59 Å². The molecule has 1 unspecified atom stereocenters. The van der Waals surface area contributed by atoms with Crippen molar-refractivity contribution in [3.05, 3.63) is 76.9 Å². The van der Waals surface area contributed by atoms with Crippen molar-refractivity contribution in [2.75, 3.05) is 5.32 Å². The molecule has 0 fully saturated rings. The smallest absolute Gasteiger partial charge is 0.268 e. The van der Waals surface area contributed by atoms with Gasteiger partial charge in [-0.05, 0) is 60.5 Å². The van der Waals surface area contributed by atoms with Crippen molar-refractivity contribution in [2.45, 2.75) is 18.9 Å². The first kappa shape index (κ1) is 19.0. The largest absolute Gasteiger partial charge is 0.461 e. The van der Waals surface area contributed by atoms with Crippen molar-refractivity contribution in [1.29, 1.82) is 0 Å². The van der Waals surface area contributed by atoms with Crippen LogP contribution < -0.4 is 15.8 Å². The number of anilines is 1. The number of rotatable bonds is 4. The zero-order valence-corrected chi connectivity index (χ0v) is 16.4. The molecule has 1 aromatic heterocycles. The van der Waals surface area contributed by atoms with E-state index < -0.39 is 11.5 Å². The highest BCUT2D eigenvalue weighted by atomic mass is 35.5. The Bertz CT molecular complexity index is 1100. The van der Waals surface area contributed by atoms with Crippen LogP contribution in [0.5, 0.6) is 5.88 Å². The number of ether oxygens (including phenoxy) is 1. The number of amides is 2. The average molecular weight is 408 g/mol. The number of nitrogens with one attached hydrogen (secondary N) is 1. The number of nitrogens with zero attached hydrogens (tertiary/aromatic N) is 1. The fraction of sp³-hybridized carbons (Fsp3) is 0.136. The fourth-order valence-electron chi connectivity index (χ4n) is 3.33. The maximum absolute atomic E-state index is 12.9. The number of pyridine rings is 1. The molecule has 29 heavy (non-hydrogen) atoms. The lowest BCUT2D eigenvalue weighted by Crippen LogP contribution is -2.44. The van der Waals surface area contributed by atoms with Gasteiger partial charge in [-0.1, -0.05) is 23.7 Å². The fourth-order valence-corrected chi connectivity index (χ4v) is 3.45. The van der Waals surface area contributed by atoms with E-state index in [-0.39, 0.29) is 5.91 Å². The number of carbonyl (C=O) groups excluding carboxylic acids is 2. The lowest BCUT2D eigenvalue weighted by atomic mass is 9.93. The molecule has 0 saturated carbocycles. The first-order chi connectivity index (χ1) is 13.9. The van der Waals surface area contributed by atoms with Crippen LogP contribution in [0.3, 0.4) is 0 Å². The van der Waals surface area contributed by atoms with Gasteiger partial charge >= 0.3 is 0 Å². The standard InChI is InChI=1S/C22H18ClN3O3/c1-22(21(28)26-16-8-6-15(23)7-9-16)12-18-17(10-11-25-20(18)29-22)13-2-4-14(5-3-13)19(24)27/h2-11H,12H2,1H3,(H2,24,27)(H,26,28). The summed E-state index contributed by atoms with van der Waals surface area (Å²) >= 11 is 5.89. The molecule has 2 heterocycles. The zero-order valence-electron chi connectivity index (χ0n) is 15.6. The normalized spacial score (nSPS) is 17.3. The number of aromatic nitrogens is 1. The molecule has 0 spiro atoms. The minimum Gasteiger partial charge on any atom is -0.461 e. The number of nitrogens with two attached hydrogens (primary N) is 1. The van der Waals surface area contributed by atoms with Gasteiger partial charge in [0.25, 0.3) is 5.91 Å². The molecule has 4 rings (SSSR count). The maximum Gasteiger partial charge on any atom is 0.268 e. The maximum atomic E-state index is 12.9. The number of carbonyl (C=O) groups is 2. The minimum absolute atomic E-state index is 0.271. The van der Waals surface area contributed by atoms with E-state index in [9.17, 15) is 9.59 Å². The van der Waals surface area contributed by atoms with Crippen LogP contribution in [-0.4, -0.2) is 22.4 Å². The molecule has 0 aliphatic carbocycles. The Morgan fingerprint density at radius 3 is 2.45 bits per heavy atom. The molecule has 2 amide bonds. The molecular weight excluding hydrogens is 390 g/mol. The highest BCUT2D eigenvalue weighted by Gasteiger charge is 2.43. The predicted molar refractivity (Wildman–Crippen MR) is 111 cm³/mol. The molecule has 0 saturated heterocycles. The third-order valence-electron chi connectivity index (χ3n) is 4.92. The van der Waals surface area contributed by atoms with E-state index in [4.69, 9.17) is 22.1 Å². The van der Waals surface area contributed by atoms with E-state index in [0.717, 1.165) is 16.7 Å². The van der Waals surface area contributed by atoms with Crippen molar-refractivity contribution in [3.63, 3.8) is 0 Å². The van der Waals surface area contributed by atoms with Crippen LogP contribution >= 0.6 is 11.6 Å². The van der Waals surface area contributed by atoms with Crippen LogP contribution in [0.15, 0.2) is 60.8 Å². The van der Waals surface area contributed by atoms with Crippen molar-refractivity contribution in [3.8, 4) is 17.0 Å². The second-order valence-electron chi connectivity index (χ2n) is 7.05. The van der Waals surface area contributed by atoms with Crippen LogP contribution in [0.1, 0.15) is 22.8 Å². The Kier molecular flexibility index (Phi) is 4.72. The topological polar surface area (TPSA) is 94.3 Å². The molecule has 0 radical (unpaired) electrons. The highest BCUT2D eigenvalue weighted by Crippen LogP contribution is 2.40. The number of hydrogen-bond donors (Lipinski definition) is 2. The Morgan fingerprint density at radius 2 is 1.79 bits per heavy atom. The predicted octanol–water partition coefficient (Wildman–Crippen LogP) is 3.83. The SMILES string of the molecule is CC1(C(=O)Nc2ccc(Cl)cc2)Cc2c(-c3ccc(C(N)=O)cc3)ccnc2O1. The van der Waals surface area contributed by atoms with E-state index in [0.29, 0.717) is 28.6 Å². The molecule has 1 atom stereocenters. The minimum atomic E-state index is -1.10. The third kappa shape index (κ3) is 3.67. The van der Waals surface area contributed by atoms with E-state index >= 15 is 0 Å². The average Bonchev–Trinajstić information content (AvgIpc) is 3.07. The molecule has 1 aliphatic heterocycles. The Balaban J connectivity index is 1.60. The van der Waals surface area contributed by atoms with Gasteiger partial charge in [0.15, 0.2) is 5.60 Å². The van der Waals surface area contributed by atoms with Crippen LogP contribution in [0.25, 0.3) is 11.1 Å². The molecule has 0 bridgehead atoms. The summed E-state index contributed by atoms with van der Waals surface area (Å²) in [6.45, 7) is 1.74.